The van der Waals surface area contributed by atoms with E-state index in [0.717, 1.165) is 23.3 Å². The summed E-state index contributed by atoms with van der Waals surface area (Å²) in [6.45, 7) is 4.98. The van der Waals surface area contributed by atoms with Gasteiger partial charge in [0.15, 0.2) is 0 Å². The largest absolute Gasteiger partial charge is 0.493 e. The molecule has 0 saturated carbocycles. The highest BCUT2D eigenvalue weighted by atomic mass is 16.5. The van der Waals surface area contributed by atoms with Crippen molar-refractivity contribution in [3.63, 3.8) is 0 Å². The molecule has 0 heterocycles. The number of rotatable bonds is 6. The first kappa shape index (κ1) is 15.1. The molecule has 3 nitrogen and oxygen atoms in total. The summed E-state index contributed by atoms with van der Waals surface area (Å²) in [4.78, 5) is 10.9. The van der Waals surface area contributed by atoms with E-state index in [2.05, 4.69) is 13.8 Å². The molecule has 1 N–H and O–H groups in total. The first-order valence-electron chi connectivity index (χ1n) is 7.17. The van der Waals surface area contributed by atoms with Gasteiger partial charge < -0.3 is 9.84 Å². The normalized spacial score (nSPS) is 11.9. The molecule has 2 aromatic rings. The second kappa shape index (κ2) is 6.93. The number of carboxylic acid groups (broad SMARTS) is 1. The molecule has 110 valence electrons. The van der Waals surface area contributed by atoms with E-state index in [9.17, 15) is 4.79 Å². The number of aromatic carboxylic acids is 1. The first-order valence-corrected chi connectivity index (χ1v) is 7.17. The van der Waals surface area contributed by atoms with E-state index in [1.54, 1.807) is 12.1 Å². The molecule has 0 fully saturated rings. The lowest BCUT2D eigenvalue weighted by Gasteiger charge is -2.14. The Bertz CT molecular complexity index is 602. The number of hydrogen-bond donors (Lipinski definition) is 1. The third kappa shape index (κ3) is 3.85. The number of benzene rings is 2. The van der Waals surface area contributed by atoms with E-state index < -0.39 is 5.97 Å². The average Bonchev–Trinajstić information content (AvgIpc) is 2.53. The molecule has 3 heteroatoms. The van der Waals surface area contributed by atoms with Gasteiger partial charge in [0.05, 0.1) is 12.2 Å². The summed E-state index contributed by atoms with van der Waals surface area (Å²) in [5.41, 5.74) is 2.23. The van der Waals surface area contributed by atoms with Crippen LogP contribution in [0, 0.1) is 5.92 Å². The second-order valence-corrected chi connectivity index (χ2v) is 5.20. The first-order chi connectivity index (χ1) is 10.1. The zero-order chi connectivity index (χ0) is 15.2. The summed E-state index contributed by atoms with van der Waals surface area (Å²) < 4.78 is 5.91. The van der Waals surface area contributed by atoms with Crippen LogP contribution in [0.2, 0.25) is 0 Å². The monoisotopic (exact) mass is 284 g/mol. The van der Waals surface area contributed by atoms with Crippen molar-refractivity contribution in [2.75, 3.05) is 6.61 Å². The minimum atomic E-state index is -0.914. The summed E-state index contributed by atoms with van der Waals surface area (Å²) in [6, 6.07) is 14.7. The van der Waals surface area contributed by atoms with Crippen LogP contribution in [0.25, 0.3) is 11.1 Å². The highest BCUT2D eigenvalue weighted by Crippen LogP contribution is 2.30. The fourth-order valence-electron chi connectivity index (χ4n) is 1.97. The van der Waals surface area contributed by atoms with Gasteiger partial charge in [-0.05, 0) is 29.7 Å². The standard InChI is InChI=1S/C18H20O3/c1-3-13(2)12-21-17-7-5-4-6-16(17)14-8-10-15(11-9-14)18(19)20/h4-11,13H,3,12H2,1-2H3,(H,19,20). The van der Waals surface area contributed by atoms with Gasteiger partial charge in [-0.25, -0.2) is 4.79 Å². The molecule has 1 atom stereocenters. The van der Waals surface area contributed by atoms with Crippen LogP contribution in [0.4, 0.5) is 0 Å². The molecular weight excluding hydrogens is 264 g/mol. The number of hydrogen-bond acceptors (Lipinski definition) is 2. The molecule has 0 spiro atoms. The molecule has 0 saturated heterocycles. The topological polar surface area (TPSA) is 46.5 Å². The van der Waals surface area contributed by atoms with Gasteiger partial charge >= 0.3 is 5.97 Å². The van der Waals surface area contributed by atoms with Crippen molar-refractivity contribution < 1.29 is 14.6 Å². The SMILES string of the molecule is CCC(C)COc1ccccc1-c1ccc(C(=O)O)cc1. The van der Waals surface area contributed by atoms with E-state index in [0.29, 0.717) is 12.5 Å². The molecule has 0 amide bonds. The molecule has 1 unspecified atom stereocenters. The molecule has 0 aliphatic rings. The molecule has 21 heavy (non-hydrogen) atoms. The van der Waals surface area contributed by atoms with Gasteiger partial charge in [-0.3, -0.25) is 0 Å². The lowest BCUT2D eigenvalue weighted by Crippen LogP contribution is -2.07. The molecule has 0 radical (unpaired) electrons. The Morgan fingerprint density at radius 1 is 1.14 bits per heavy atom. The molecule has 0 bridgehead atoms. The Kier molecular flexibility index (Phi) is 4.99. The van der Waals surface area contributed by atoms with Crippen LogP contribution in [0.5, 0.6) is 5.75 Å². The fourth-order valence-corrected chi connectivity index (χ4v) is 1.97. The molecule has 2 rings (SSSR count). The predicted octanol–water partition coefficient (Wildman–Crippen LogP) is 4.48. The Labute approximate surface area is 125 Å². The Hall–Kier alpha value is -2.29. The van der Waals surface area contributed by atoms with E-state index >= 15 is 0 Å². The quantitative estimate of drug-likeness (QED) is 0.851. The third-order valence-electron chi connectivity index (χ3n) is 3.55. The number of carbonyl (C=O) groups is 1. The summed E-state index contributed by atoms with van der Waals surface area (Å²) in [6.07, 6.45) is 1.08. The van der Waals surface area contributed by atoms with Gasteiger partial charge in [0.2, 0.25) is 0 Å². The van der Waals surface area contributed by atoms with Crippen molar-refractivity contribution in [2.24, 2.45) is 5.92 Å². The van der Waals surface area contributed by atoms with E-state index in [-0.39, 0.29) is 5.56 Å². The van der Waals surface area contributed by atoms with Crippen molar-refractivity contribution in [1.29, 1.82) is 0 Å². The number of para-hydroxylation sites is 1. The van der Waals surface area contributed by atoms with Crippen molar-refractivity contribution >= 4 is 5.97 Å². The van der Waals surface area contributed by atoms with Gasteiger partial charge in [0, 0.05) is 5.56 Å². The molecule has 2 aromatic carbocycles. The molecule has 0 aliphatic heterocycles. The maximum atomic E-state index is 10.9. The predicted molar refractivity (Wildman–Crippen MR) is 83.8 cm³/mol. The second-order valence-electron chi connectivity index (χ2n) is 5.20. The third-order valence-corrected chi connectivity index (χ3v) is 3.55. The summed E-state index contributed by atoms with van der Waals surface area (Å²) in [7, 11) is 0. The van der Waals surface area contributed by atoms with Gasteiger partial charge in [0.1, 0.15) is 5.75 Å². The number of ether oxygens (including phenoxy) is 1. The maximum Gasteiger partial charge on any atom is 0.335 e. The maximum absolute atomic E-state index is 10.9. The fraction of sp³-hybridized carbons (Fsp3) is 0.278. The van der Waals surface area contributed by atoms with Gasteiger partial charge in [-0.15, -0.1) is 0 Å². The van der Waals surface area contributed by atoms with Crippen molar-refractivity contribution in [2.45, 2.75) is 20.3 Å². The van der Waals surface area contributed by atoms with Crippen LogP contribution < -0.4 is 4.74 Å². The van der Waals surface area contributed by atoms with Crippen molar-refractivity contribution in [1.82, 2.24) is 0 Å². The molecule has 0 aromatic heterocycles. The van der Waals surface area contributed by atoms with Crippen LogP contribution >= 0.6 is 0 Å². The van der Waals surface area contributed by atoms with Gasteiger partial charge in [0.25, 0.3) is 0 Å². The Balaban J connectivity index is 2.24. The van der Waals surface area contributed by atoms with Gasteiger partial charge in [-0.1, -0.05) is 50.6 Å². The zero-order valence-electron chi connectivity index (χ0n) is 12.4. The van der Waals surface area contributed by atoms with E-state index in [1.807, 2.05) is 36.4 Å². The van der Waals surface area contributed by atoms with Crippen LogP contribution in [-0.4, -0.2) is 17.7 Å². The van der Waals surface area contributed by atoms with Crippen LogP contribution in [-0.2, 0) is 0 Å². The Morgan fingerprint density at radius 3 is 2.43 bits per heavy atom. The van der Waals surface area contributed by atoms with Crippen LogP contribution in [0.15, 0.2) is 48.5 Å². The number of carboxylic acids is 1. The van der Waals surface area contributed by atoms with E-state index in [4.69, 9.17) is 9.84 Å². The minimum absolute atomic E-state index is 0.289. The van der Waals surface area contributed by atoms with Gasteiger partial charge in [-0.2, -0.15) is 0 Å². The summed E-state index contributed by atoms with van der Waals surface area (Å²) in [5, 5.41) is 8.95. The summed E-state index contributed by atoms with van der Waals surface area (Å²) >= 11 is 0. The molecule has 0 aliphatic carbocycles. The van der Waals surface area contributed by atoms with Crippen molar-refractivity contribution in [3.8, 4) is 16.9 Å². The van der Waals surface area contributed by atoms with Crippen molar-refractivity contribution in [3.05, 3.63) is 54.1 Å². The Morgan fingerprint density at radius 2 is 1.81 bits per heavy atom. The lowest BCUT2D eigenvalue weighted by molar-refractivity contribution is 0.0697. The van der Waals surface area contributed by atoms with Crippen LogP contribution in [0.3, 0.4) is 0 Å². The average molecular weight is 284 g/mol. The zero-order valence-corrected chi connectivity index (χ0v) is 12.4. The van der Waals surface area contributed by atoms with Crippen LogP contribution in [0.1, 0.15) is 30.6 Å². The molecular formula is C18H20O3. The smallest absolute Gasteiger partial charge is 0.335 e. The lowest BCUT2D eigenvalue weighted by atomic mass is 10.0. The highest BCUT2D eigenvalue weighted by Gasteiger charge is 2.09. The van der Waals surface area contributed by atoms with E-state index in [1.165, 1.54) is 0 Å². The highest BCUT2D eigenvalue weighted by molar-refractivity contribution is 5.88. The minimum Gasteiger partial charge on any atom is -0.493 e. The summed E-state index contributed by atoms with van der Waals surface area (Å²) in [5.74, 6) is 0.427.